The van der Waals surface area contributed by atoms with Crippen LogP contribution in [0.15, 0.2) is 42.5 Å². The van der Waals surface area contributed by atoms with Crippen LogP contribution >= 0.6 is 0 Å². The number of carbonyl (C=O) groups is 1. The van der Waals surface area contributed by atoms with Crippen molar-refractivity contribution in [3.8, 4) is 23.3 Å². The second kappa shape index (κ2) is 8.15. The van der Waals surface area contributed by atoms with Gasteiger partial charge in [0.2, 0.25) is 0 Å². The van der Waals surface area contributed by atoms with Gasteiger partial charge in [-0.2, -0.15) is 10.5 Å². The van der Waals surface area contributed by atoms with Crippen LogP contribution in [0.3, 0.4) is 0 Å². The van der Waals surface area contributed by atoms with Crippen molar-refractivity contribution in [2.24, 2.45) is 11.8 Å². The number of ketones is 1. The molecule has 1 N–H and O–H groups in total. The Morgan fingerprint density at radius 2 is 1.90 bits per heavy atom. The molecule has 2 aliphatic rings. The molecule has 4 rings (SSSR count). The minimum absolute atomic E-state index is 0.0249. The predicted octanol–water partition coefficient (Wildman–Crippen LogP) is 4.15. The lowest BCUT2D eigenvalue weighted by Gasteiger charge is -2.22. The molecule has 1 saturated carbocycles. The summed E-state index contributed by atoms with van der Waals surface area (Å²) in [5, 5.41) is 21.8. The van der Waals surface area contributed by atoms with E-state index in [-0.39, 0.29) is 29.7 Å². The van der Waals surface area contributed by atoms with Gasteiger partial charge < -0.3 is 5.32 Å². The van der Waals surface area contributed by atoms with Gasteiger partial charge in [0, 0.05) is 12.5 Å². The summed E-state index contributed by atoms with van der Waals surface area (Å²) in [7, 11) is 0. The van der Waals surface area contributed by atoms with Gasteiger partial charge in [0.25, 0.3) is 0 Å². The molecule has 0 amide bonds. The third-order valence-corrected chi connectivity index (χ3v) is 6.20. The fourth-order valence-corrected chi connectivity index (χ4v) is 4.65. The Kier molecular flexibility index (Phi) is 5.43. The summed E-state index contributed by atoms with van der Waals surface area (Å²) in [6.07, 6.45) is 4.16. The Labute approximate surface area is 170 Å². The molecular weight excluding hydrogens is 365 g/mol. The van der Waals surface area contributed by atoms with Crippen molar-refractivity contribution in [3.63, 3.8) is 0 Å². The van der Waals surface area contributed by atoms with Crippen molar-refractivity contribution < 1.29 is 9.18 Å². The van der Waals surface area contributed by atoms with Crippen molar-refractivity contribution in [2.45, 2.75) is 44.2 Å². The lowest BCUT2D eigenvalue weighted by atomic mass is 9.88. The van der Waals surface area contributed by atoms with Gasteiger partial charge in [-0.15, -0.1) is 0 Å². The first-order valence-corrected chi connectivity index (χ1v) is 10.0. The molecule has 0 spiro atoms. The van der Waals surface area contributed by atoms with Gasteiger partial charge in [0.05, 0.1) is 23.6 Å². The van der Waals surface area contributed by atoms with E-state index in [0.29, 0.717) is 23.9 Å². The van der Waals surface area contributed by atoms with E-state index in [9.17, 15) is 14.4 Å². The van der Waals surface area contributed by atoms with Crippen molar-refractivity contribution >= 4 is 5.78 Å². The zero-order chi connectivity index (χ0) is 20.4. The van der Waals surface area contributed by atoms with E-state index in [0.717, 1.165) is 30.4 Å². The molecule has 29 heavy (non-hydrogen) atoms. The van der Waals surface area contributed by atoms with Crippen LogP contribution in [0, 0.1) is 40.3 Å². The van der Waals surface area contributed by atoms with Crippen LogP contribution in [-0.2, 0) is 11.2 Å². The molecule has 5 heteroatoms. The van der Waals surface area contributed by atoms with Crippen LogP contribution in [0.2, 0.25) is 0 Å². The molecule has 0 aromatic heterocycles. The van der Waals surface area contributed by atoms with E-state index < -0.39 is 5.82 Å². The van der Waals surface area contributed by atoms with Crippen molar-refractivity contribution in [1.82, 2.24) is 5.32 Å². The third-order valence-electron chi connectivity index (χ3n) is 6.20. The molecule has 2 aromatic rings. The Morgan fingerprint density at radius 3 is 2.48 bits per heavy atom. The number of rotatable bonds is 6. The summed E-state index contributed by atoms with van der Waals surface area (Å²) in [5.74, 6) is -0.277. The summed E-state index contributed by atoms with van der Waals surface area (Å²) in [6, 6.07) is 16.6. The molecular formula is C24H22FN3O. The highest BCUT2D eigenvalue weighted by atomic mass is 19.1. The number of nitriles is 2. The average molecular weight is 387 g/mol. The van der Waals surface area contributed by atoms with E-state index >= 15 is 0 Å². The SMILES string of the molecule is N#Cc1ccc(-c2ccc(C[C@@H](C#N)CC(=O)[C@H]3N[C@@H]4CC[C@H]3C4)cc2)cc1F. The van der Waals surface area contributed by atoms with E-state index in [1.807, 2.05) is 30.3 Å². The Bertz CT molecular complexity index is 1000. The van der Waals surface area contributed by atoms with Crippen molar-refractivity contribution in [2.75, 3.05) is 0 Å². The number of benzene rings is 2. The Hall–Kier alpha value is -3.02. The first-order chi connectivity index (χ1) is 14.1. The van der Waals surface area contributed by atoms with Crippen LogP contribution in [0.1, 0.15) is 36.8 Å². The number of piperidine rings is 1. The lowest BCUT2D eigenvalue weighted by molar-refractivity contribution is -0.122. The van der Waals surface area contributed by atoms with E-state index in [4.69, 9.17) is 5.26 Å². The second-order valence-electron chi connectivity index (χ2n) is 8.12. The molecule has 1 saturated heterocycles. The molecule has 146 valence electrons. The van der Waals surface area contributed by atoms with Crippen molar-refractivity contribution in [1.29, 1.82) is 10.5 Å². The lowest BCUT2D eigenvalue weighted by Crippen LogP contribution is -2.42. The van der Waals surface area contributed by atoms with Gasteiger partial charge in [-0.25, -0.2) is 4.39 Å². The molecule has 2 aromatic carbocycles. The molecule has 2 bridgehead atoms. The number of nitrogens with zero attached hydrogens (tertiary/aromatic N) is 2. The number of nitrogens with one attached hydrogen (secondary N) is 1. The van der Waals surface area contributed by atoms with Gasteiger partial charge >= 0.3 is 0 Å². The molecule has 0 radical (unpaired) electrons. The first-order valence-electron chi connectivity index (χ1n) is 10.0. The first kappa shape index (κ1) is 19.3. The summed E-state index contributed by atoms with van der Waals surface area (Å²) in [6.45, 7) is 0. The highest BCUT2D eigenvalue weighted by Gasteiger charge is 2.42. The zero-order valence-electron chi connectivity index (χ0n) is 16.1. The molecule has 4 atom stereocenters. The van der Waals surface area contributed by atoms with E-state index in [1.165, 1.54) is 12.1 Å². The number of Topliss-reactive ketones (excluding diaryl/α,β-unsaturated/α-hetero) is 1. The van der Waals surface area contributed by atoms with Crippen LogP contribution in [0.4, 0.5) is 4.39 Å². The van der Waals surface area contributed by atoms with E-state index in [1.54, 1.807) is 6.07 Å². The highest BCUT2D eigenvalue weighted by Crippen LogP contribution is 2.36. The van der Waals surface area contributed by atoms with Gasteiger partial charge in [0.15, 0.2) is 5.78 Å². The largest absolute Gasteiger partial charge is 0.304 e. The second-order valence-corrected chi connectivity index (χ2v) is 8.12. The summed E-state index contributed by atoms with van der Waals surface area (Å²) in [4.78, 5) is 12.6. The molecule has 4 nitrogen and oxygen atoms in total. The number of hydrogen-bond acceptors (Lipinski definition) is 4. The molecule has 0 unspecified atom stereocenters. The quantitative estimate of drug-likeness (QED) is 0.808. The summed E-state index contributed by atoms with van der Waals surface area (Å²) < 4.78 is 13.8. The maximum atomic E-state index is 13.8. The maximum absolute atomic E-state index is 13.8. The Balaban J connectivity index is 1.39. The van der Waals surface area contributed by atoms with Crippen molar-refractivity contribution in [3.05, 3.63) is 59.4 Å². The van der Waals surface area contributed by atoms with Gasteiger partial charge in [-0.3, -0.25) is 4.79 Å². The van der Waals surface area contributed by atoms with Gasteiger partial charge in [0.1, 0.15) is 11.9 Å². The fourth-order valence-electron chi connectivity index (χ4n) is 4.65. The topological polar surface area (TPSA) is 76.7 Å². The average Bonchev–Trinajstić information content (AvgIpc) is 3.37. The highest BCUT2D eigenvalue weighted by molar-refractivity contribution is 5.85. The van der Waals surface area contributed by atoms with Crippen LogP contribution < -0.4 is 5.32 Å². The molecule has 2 fully saturated rings. The minimum atomic E-state index is -0.536. The van der Waals surface area contributed by atoms with Gasteiger partial charge in [-0.05, 0) is 60.4 Å². The zero-order valence-corrected chi connectivity index (χ0v) is 16.1. The molecule has 1 heterocycles. The monoisotopic (exact) mass is 387 g/mol. The summed E-state index contributed by atoms with van der Waals surface area (Å²) >= 11 is 0. The Morgan fingerprint density at radius 1 is 1.14 bits per heavy atom. The number of carbonyl (C=O) groups excluding carboxylic acids is 1. The fraction of sp³-hybridized carbons (Fsp3) is 0.375. The normalized spacial score (nSPS) is 23.3. The minimum Gasteiger partial charge on any atom is -0.304 e. The number of hydrogen-bond donors (Lipinski definition) is 1. The number of fused-ring (bicyclic) bond motifs is 2. The summed E-state index contributed by atoms with van der Waals surface area (Å²) in [5.41, 5.74) is 2.54. The third kappa shape index (κ3) is 4.06. The van der Waals surface area contributed by atoms with Crippen LogP contribution in [0.25, 0.3) is 11.1 Å². The molecule has 1 aliphatic carbocycles. The smallest absolute Gasteiger partial charge is 0.151 e. The predicted molar refractivity (Wildman–Crippen MR) is 107 cm³/mol. The van der Waals surface area contributed by atoms with Crippen LogP contribution in [-0.4, -0.2) is 17.9 Å². The van der Waals surface area contributed by atoms with Crippen LogP contribution in [0.5, 0.6) is 0 Å². The maximum Gasteiger partial charge on any atom is 0.151 e. The standard InChI is InChI=1S/C24H22FN3O/c25-22-12-18(5-6-20(22)14-27)17-3-1-15(2-4-17)9-16(13-26)10-23(29)24-19-7-8-21(11-19)28-24/h1-6,12,16,19,21,24,28H,7-11H2/t16-,19+,21-,24+/m1/s1. The van der Waals surface area contributed by atoms with Gasteiger partial charge in [-0.1, -0.05) is 30.3 Å². The molecule has 1 aliphatic heterocycles. The number of halogens is 1. The van der Waals surface area contributed by atoms with E-state index in [2.05, 4.69) is 11.4 Å².